The number of carbonyl (C=O) groups excluding carboxylic acids is 1. The molecule has 0 aliphatic carbocycles. The lowest BCUT2D eigenvalue weighted by atomic mass is 10.1. The Morgan fingerprint density at radius 2 is 1.96 bits per heavy atom. The van der Waals surface area contributed by atoms with E-state index in [0.717, 1.165) is 0 Å². The van der Waals surface area contributed by atoms with Crippen molar-refractivity contribution < 1.29 is 13.9 Å². The summed E-state index contributed by atoms with van der Waals surface area (Å²) in [6.45, 7) is 1.38. The summed E-state index contributed by atoms with van der Waals surface area (Å²) in [6.07, 6.45) is 3.41. The molecule has 0 unspecified atom stereocenters. The number of anilines is 1. The number of amides is 1. The molecule has 0 saturated heterocycles. The number of ether oxygens (including phenoxy) is 1. The monoisotopic (exact) mass is 318 g/mol. The fraction of sp³-hybridized carbons (Fsp3) is 0.312. The zero-order valence-electron chi connectivity index (χ0n) is 12.9. The molecule has 2 aromatic rings. The first-order chi connectivity index (χ1) is 11.2. The molecule has 23 heavy (non-hydrogen) atoms. The van der Waals surface area contributed by atoms with Gasteiger partial charge in [-0.1, -0.05) is 18.2 Å². The van der Waals surface area contributed by atoms with Gasteiger partial charge in [-0.2, -0.15) is 0 Å². The van der Waals surface area contributed by atoms with Crippen LogP contribution in [-0.2, 0) is 11.2 Å². The molecule has 1 amide bonds. The van der Waals surface area contributed by atoms with Crippen molar-refractivity contribution >= 4 is 11.9 Å². The largest absolute Gasteiger partial charge is 0.383 e. The van der Waals surface area contributed by atoms with Gasteiger partial charge in [0, 0.05) is 32.6 Å². The first-order valence-corrected chi connectivity index (χ1v) is 7.27. The van der Waals surface area contributed by atoms with Crippen molar-refractivity contribution in [3.8, 4) is 0 Å². The van der Waals surface area contributed by atoms with Crippen LogP contribution in [0.1, 0.15) is 15.9 Å². The first-order valence-electron chi connectivity index (χ1n) is 7.27. The fourth-order valence-corrected chi connectivity index (χ4v) is 1.92. The maximum atomic E-state index is 13.5. The molecule has 0 aliphatic rings. The molecule has 0 radical (unpaired) electrons. The van der Waals surface area contributed by atoms with E-state index in [1.165, 1.54) is 18.5 Å². The van der Waals surface area contributed by atoms with Crippen LogP contribution >= 0.6 is 0 Å². The van der Waals surface area contributed by atoms with Gasteiger partial charge >= 0.3 is 0 Å². The summed E-state index contributed by atoms with van der Waals surface area (Å²) in [7, 11) is 1.57. The standard InChI is InChI=1S/C16H19FN4O2/c1-23-9-8-18-15(22)13-10-20-16(21-11-13)19-7-6-12-4-2-3-5-14(12)17/h2-5,10-11H,6-9H2,1H3,(H,18,22)(H,19,20,21). The van der Waals surface area contributed by atoms with E-state index in [-0.39, 0.29) is 11.7 Å². The molecule has 1 aromatic heterocycles. The highest BCUT2D eigenvalue weighted by molar-refractivity contribution is 5.93. The summed E-state index contributed by atoms with van der Waals surface area (Å²) < 4.78 is 18.3. The average Bonchev–Trinajstić information content (AvgIpc) is 2.57. The Bertz CT molecular complexity index is 634. The van der Waals surface area contributed by atoms with E-state index in [9.17, 15) is 9.18 Å². The highest BCUT2D eigenvalue weighted by Crippen LogP contribution is 2.07. The predicted octanol–water partition coefficient (Wildman–Crippen LogP) is 1.65. The van der Waals surface area contributed by atoms with Crippen LogP contribution in [0.2, 0.25) is 0 Å². The van der Waals surface area contributed by atoms with E-state index in [0.29, 0.717) is 43.2 Å². The van der Waals surface area contributed by atoms with Crippen LogP contribution in [0.4, 0.5) is 10.3 Å². The number of benzene rings is 1. The van der Waals surface area contributed by atoms with Crippen molar-refractivity contribution in [2.45, 2.75) is 6.42 Å². The number of rotatable bonds is 8. The minimum absolute atomic E-state index is 0.224. The van der Waals surface area contributed by atoms with Crippen LogP contribution in [0.15, 0.2) is 36.7 Å². The second-order valence-electron chi connectivity index (χ2n) is 4.81. The molecule has 0 fully saturated rings. The first kappa shape index (κ1) is 16.8. The van der Waals surface area contributed by atoms with E-state index < -0.39 is 0 Å². The molecule has 1 heterocycles. The smallest absolute Gasteiger partial charge is 0.254 e. The normalized spacial score (nSPS) is 10.3. The zero-order chi connectivity index (χ0) is 16.5. The predicted molar refractivity (Wildman–Crippen MR) is 84.8 cm³/mol. The molecule has 0 atom stereocenters. The third-order valence-electron chi connectivity index (χ3n) is 3.14. The van der Waals surface area contributed by atoms with Crippen molar-refractivity contribution in [2.24, 2.45) is 0 Å². The zero-order valence-corrected chi connectivity index (χ0v) is 12.9. The minimum Gasteiger partial charge on any atom is -0.383 e. The maximum Gasteiger partial charge on any atom is 0.254 e. The average molecular weight is 318 g/mol. The molecule has 2 rings (SSSR count). The summed E-state index contributed by atoms with van der Waals surface area (Å²) in [4.78, 5) is 19.9. The Hall–Kier alpha value is -2.54. The van der Waals surface area contributed by atoms with E-state index >= 15 is 0 Å². The number of methoxy groups -OCH3 is 1. The molecule has 1 aromatic carbocycles. The van der Waals surface area contributed by atoms with E-state index in [2.05, 4.69) is 20.6 Å². The third kappa shape index (κ3) is 5.30. The molecule has 0 saturated carbocycles. The van der Waals surface area contributed by atoms with Gasteiger partial charge in [-0.15, -0.1) is 0 Å². The van der Waals surface area contributed by atoms with Crippen molar-refractivity contribution in [2.75, 3.05) is 32.1 Å². The van der Waals surface area contributed by atoms with E-state index in [4.69, 9.17) is 4.74 Å². The molecule has 7 heteroatoms. The number of nitrogens with zero attached hydrogens (tertiary/aromatic N) is 2. The molecule has 2 N–H and O–H groups in total. The van der Waals surface area contributed by atoms with Gasteiger partial charge in [-0.25, -0.2) is 14.4 Å². The van der Waals surface area contributed by atoms with E-state index in [1.54, 1.807) is 25.3 Å². The van der Waals surface area contributed by atoms with Gasteiger partial charge in [-0.3, -0.25) is 4.79 Å². The fourth-order valence-electron chi connectivity index (χ4n) is 1.92. The summed E-state index contributed by atoms with van der Waals surface area (Å²) in [5.41, 5.74) is 1.01. The van der Waals surface area contributed by atoms with Crippen LogP contribution in [0.3, 0.4) is 0 Å². The molecule has 0 bridgehead atoms. The maximum absolute atomic E-state index is 13.5. The summed E-state index contributed by atoms with van der Waals surface area (Å²) in [5.74, 6) is -0.0759. The van der Waals surface area contributed by atoms with Gasteiger partial charge in [0.15, 0.2) is 0 Å². The van der Waals surface area contributed by atoms with Gasteiger partial charge in [-0.05, 0) is 18.1 Å². The number of halogens is 1. The van der Waals surface area contributed by atoms with E-state index in [1.807, 2.05) is 0 Å². The van der Waals surface area contributed by atoms with Gasteiger partial charge in [0.2, 0.25) is 5.95 Å². The van der Waals surface area contributed by atoms with Crippen LogP contribution in [0.25, 0.3) is 0 Å². The number of hydrogen-bond donors (Lipinski definition) is 2. The number of nitrogens with one attached hydrogen (secondary N) is 2. The van der Waals surface area contributed by atoms with Gasteiger partial charge < -0.3 is 15.4 Å². The Balaban J connectivity index is 1.81. The molecule has 6 nitrogen and oxygen atoms in total. The molecule has 0 spiro atoms. The Morgan fingerprint density at radius 1 is 1.22 bits per heavy atom. The van der Waals surface area contributed by atoms with Gasteiger partial charge in [0.25, 0.3) is 5.91 Å². The summed E-state index contributed by atoms with van der Waals surface area (Å²) in [6, 6.07) is 6.63. The lowest BCUT2D eigenvalue weighted by Crippen LogP contribution is -2.27. The van der Waals surface area contributed by atoms with Crippen molar-refractivity contribution in [1.29, 1.82) is 0 Å². The second kappa shape index (κ2) is 8.79. The Labute approximate surface area is 134 Å². The summed E-state index contributed by atoms with van der Waals surface area (Å²) >= 11 is 0. The second-order valence-corrected chi connectivity index (χ2v) is 4.81. The molecule has 0 aliphatic heterocycles. The third-order valence-corrected chi connectivity index (χ3v) is 3.14. The van der Waals surface area contributed by atoms with Crippen molar-refractivity contribution in [3.05, 3.63) is 53.6 Å². The molecular formula is C16H19FN4O2. The van der Waals surface area contributed by atoms with Gasteiger partial charge in [0.05, 0.1) is 12.2 Å². The highest BCUT2D eigenvalue weighted by Gasteiger charge is 2.06. The summed E-state index contributed by atoms with van der Waals surface area (Å²) in [5, 5.41) is 5.68. The van der Waals surface area contributed by atoms with Crippen LogP contribution in [0, 0.1) is 5.82 Å². The van der Waals surface area contributed by atoms with Gasteiger partial charge in [0.1, 0.15) is 5.82 Å². The van der Waals surface area contributed by atoms with Crippen LogP contribution in [-0.4, -0.2) is 42.7 Å². The lowest BCUT2D eigenvalue weighted by molar-refractivity contribution is 0.0936. The minimum atomic E-state index is -0.250. The molecule has 122 valence electrons. The number of aromatic nitrogens is 2. The molecular weight excluding hydrogens is 299 g/mol. The lowest BCUT2D eigenvalue weighted by Gasteiger charge is -2.07. The highest BCUT2D eigenvalue weighted by atomic mass is 19.1. The van der Waals surface area contributed by atoms with Crippen molar-refractivity contribution in [3.63, 3.8) is 0 Å². The van der Waals surface area contributed by atoms with Crippen LogP contribution in [0.5, 0.6) is 0 Å². The number of carbonyl (C=O) groups is 1. The topological polar surface area (TPSA) is 76.1 Å². The Kier molecular flexibility index (Phi) is 6.43. The number of hydrogen-bond acceptors (Lipinski definition) is 5. The Morgan fingerprint density at radius 3 is 2.65 bits per heavy atom. The van der Waals surface area contributed by atoms with Crippen molar-refractivity contribution in [1.82, 2.24) is 15.3 Å². The quantitative estimate of drug-likeness (QED) is 0.724. The van der Waals surface area contributed by atoms with Crippen LogP contribution < -0.4 is 10.6 Å². The SMILES string of the molecule is COCCNC(=O)c1cnc(NCCc2ccccc2F)nc1.